The minimum atomic E-state index is -5.50. The van der Waals surface area contributed by atoms with E-state index >= 15 is 0 Å². The Morgan fingerprint density at radius 3 is 2.31 bits per heavy atom. The van der Waals surface area contributed by atoms with Crippen LogP contribution in [0.5, 0.6) is 0 Å². The highest BCUT2D eigenvalue weighted by atomic mass is 32.2. The lowest BCUT2D eigenvalue weighted by Gasteiger charge is -2.17. The predicted molar refractivity (Wildman–Crippen MR) is 162 cm³/mol. The number of anilines is 1. The summed E-state index contributed by atoms with van der Waals surface area (Å²) < 4.78 is 70.7. The maximum absolute atomic E-state index is 13.4. The second-order valence-electron chi connectivity index (χ2n) is 9.43. The number of hydrogen-bond donors (Lipinski definition) is 0. The predicted octanol–water partition coefficient (Wildman–Crippen LogP) is 4.59. The molecule has 0 atom stereocenters. The minimum absolute atomic E-state index is 0.130. The van der Waals surface area contributed by atoms with Gasteiger partial charge in [-0.2, -0.15) is 13.2 Å². The van der Waals surface area contributed by atoms with E-state index < -0.39 is 20.2 Å². The number of imidazole rings is 1. The average Bonchev–Trinajstić information content (AvgIpc) is 3.58. The molecule has 4 aromatic rings. The maximum atomic E-state index is 13.4. The van der Waals surface area contributed by atoms with Crippen LogP contribution in [0.1, 0.15) is 33.5 Å². The molecule has 1 aliphatic rings. The molecule has 2 aromatic heterocycles. The number of benzene rings is 2. The fourth-order valence-electron chi connectivity index (χ4n) is 5.18. The van der Waals surface area contributed by atoms with Crippen molar-refractivity contribution in [1.29, 1.82) is 0 Å². The number of hydrogen-bond acceptors (Lipinski definition) is 6. The summed E-state index contributed by atoms with van der Waals surface area (Å²) in [6.07, 6.45) is 5.65. The Balaban J connectivity index is 1.67. The fourth-order valence-corrected chi connectivity index (χ4v) is 8.13. The molecule has 0 saturated heterocycles. The van der Waals surface area contributed by atoms with Gasteiger partial charge in [-0.1, -0.05) is 23.9 Å². The number of para-hydroxylation sites is 1. The van der Waals surface area contributed by atoms with Crippen molar-refractivity contribution in [3.8, 4) is 0 Å². The number of halogens is 3. The summed E-state index contributed by atoms with van der Waals surface area (Å²) in [5.41, 5.74) is -3.42. The van der Waals surface area contributed by atoms with E-state index in [-0.39, 0.29) is 5.56 Å². The Bertz CT molecular complexity index is 2000. The number of alkyl halides is 3. The van der Waals surface area contributed by atoms with Crippen LogP contribution in [0.2, 0.25) is 0 Å². The number of allylic oxidation sites excluding steroid dienone is 1. The van der Waals surface area contributed by atoms with Crippen LogP contribution >= 0.6 is 23.1 Å². The van der Waals surface area contributed by atoms with E-state index in [1.54, 1.807) is 20.9 Å². The summed E-state index contributed by atoms with van der Waals surface area (Å²) >= 11 is 2.99. The summed E-state index contributed by atoms with van der Waals surface area (Å²) in [4.78, 5) is 16.0. The smallest absolute Gasteiger partial charge is 0.335 e. The zero-order valence-electron chi connectivity index (χ0n) is 23.5. The summed E-state index contributed by atoms with van der Waals surface area (Å²) in [6, 6.07) is 11.6. The molecule has 0 fully saturated rings. The third kappa shape index (κ3) is 5.01. The van der Waals surface area contributed by atoms with Gasteiger partial charge in [0.05, 0.1) is 39.3 Å². The van der Waals surface area contributed by atoms with Crippen molar-refractivity contribution in [1.82, 2.24) is 9.13 Å². The van der Waals surface area contributed by atoms with Gasteiger partial charge in [-0.3, -0.25) is 9.36 Å². The monoisotopic (exact) mass is 635 g/mol. The number of thioether (sulfide) groups is 1. The molecule has 0 amide bonds. The molecule has 1 aliphatic heterocycles. The van der Waals surface area contributed by atoms with Gasteiger partial charge in [-0.05, 0) is 64.1 Å². The normalized spacial score (nSPS) is 15.9. The molecule has 0 unspecified atom stereocenters. The molecule has 7 nitrogen and oxygen atoms in total. The fraction of sp³-hybridized carbons (Fsp3) is 0.310. The Morgan fingerprint density at radius 2 is 1.67 bits per heavy atom. The van der Waals surface area contributed by atoms with Crippen molar-refractivity contribution in [3.05, 3.63) is 78.9 Å². The van der Waals surface area contributed by atoms with E-state index in [4.69, 9.17) is 0 Å². The Hall–Kier alpha value is -3.29. The van der Waals surface area contributed by atoms with Gasteiger partial charge in [-0.15, -0.1) is 11.3 Å². The second kappa shape index (κ2) is 11.4. The molecule has 0 radical (unpaired) electrons. The van der Waals surface area contributed by atoms with Gasteiger partial charge in [0.2, 0.25) is 0 Å². The summed E-state index contributed by atoms with van der Waals surface area (Å²) in [7, 11) is -5.50. The molecule has 222 valence electrons. The highest BCUT2D eigenvalue weighted by Crippen LogP contribution is 2.45. The van der Waals surface area contributed by atoms with Gasteiger partial charge >= 0.3 is 5.51 Å². The van der Waals surface area contributed by atoms with Crippen LogP contribution in [-0.4, -0.2) is 29.6 Å². The minimum Gasteiger partial charge on any atom is -0.335 e. The highest BCUT2D eigenvalue weighted by Gasteiger charge is 2.47. The van der Waals surface area contributed by atoms with Crippen LogP contribution in [0.15, 0.2) is 68.2 Å². The molecular formula is C29H30F3N4O3S3+. The number of aryl methyl sites for hydroxylation is 2. The quantitative estimate of drug-likeness (QED) is 0.278. The topological polar surface area (TPSA) is 68.2 Å². The third-order valence-electron chi connectivity index (χ3n) is 7.16. The number of nitrogens with zero attached hydrogens (tertiary/aromatic N) is 4. The van der Waals surface area contributed by atoms with E-state index in [1.165, 1.54) is 17.4 Å². The van der Waals surface area contributed by atoms with Gasteiger partial charge in [0.15, 0.2) is 11.0 Å². The van der Waals surface area contributed by atoms with Crippen molar-refractivity contribution in [2.45, 2.75) is 62.6 Å². The summed E-state index contributed by atoms with van der Waals surface area (Å²) in [6.45, 7) is 9.78. The highest BCUT2D eigenvalue weighted by molar-refractivity contribution is 8.03. The van der Waals surface area contributed by atoms with Crippen LogP contribution in [0, 0.1) is 0 Å². The molecule has 0 aliphatic carbocycles. The first-order valence-corrected chi connectivity index (χ1v) is 16.6. The SMILES string of the molecule is CCN1/C(=C\C=c2/s/c(=C/c3n(CC)c4ccc(S(=O)(=O)C(F)(F)F)cc4[n+]3CC)n(CC)c2=O)Sc2ccccc21. The molecule has 0 spiro atoms. The molecule has 13 heteroatoms. The lowest BCUT2D eigenvalue weighted by Crippen LogP contribution is -2.37. The zero-order valence-corrected chi connectivity index (χ0v) is 25.9. The van der Waals surface area contributed by atoms with Crippen molar-refractivity contribution in [2.75, 3.05) is 11.4 Å². The van der Waals surface area contributed by atoms with E-state index in [1.807, 2.05) is 55.7 Å². The number of aromatic nitrogens is 3. The summed E-state index contributed by atoms with van der Waals surface area (Å²) in [5.74, 6) is 0.656. The van der Waals surface area contributed by atoms with E-state index in [0.717, 1.165) is 34.3 Å². The number of rotatable bonds is 7. The first kappa shape index (κ1) is 30.2. The molecule has 0 N–H and O–H groups in total. The first-order valence-electron chi connectivity index (χ1n) is 13.5. The van der Waals surface area contributed by atoms with E-state index in [9.17, 15) is 26.4 Å². The molecule has 5 rings (SSSR count). The Labute approximate surface area is 249 Å². The molecule has 3 heterocycles. The maximum Gasteiger partial charge on any atom is 0.501 e. The first-order chi connectivity index (χ1) is 20.0. The Morgan fingerprint density at radius 1 is 0.952 bits per heavy atom. The number of fused-ring (bicyclic) bond motifs is 2. The van der Waals surface area contributed by atoms with Gasteiger partial charge in [0, 0.05) is 24.1 Å². The van der Waals surface area contributed by atoms with Crippen molar-refractivity contribution in [2.24, 2.45) is 0 Å². The molecule has 0 saturated carbocycles. The van der Waals surface area contributed by atoms with Crippen molar-refractivity contribution >= 4 is 61.8 Å². The van der Waals surface area contributed by atoms with Crippen LogP contribution in [0.4, 0.5) is 18.9 Å². The van der Waals surface area contributed by atoms with Crippen LogP contribution in [0.3, 0.4) is 0 Å². The van der Waals surface area contributed by atoms with Gasteiger partial charge < -0.3 is 4.90 Å². The average molecular weight is 636 g/mol. The van der Waals surface area contributed by atoms with Crippen LogP contribution < -0.4 is 24.2 Å². The number of thiazole rings is 1. The lowest BCUT2D eigenvalue weighted by molar-refractivity contribution is -0.670. The second-order valence-corrected chi connectivity index (χ2v) is 13.5. The number of sulfone groups is 1. The summed E-state index contributed by atoms with van der Waals surface area (Å²) in [5, 5.41) is 1.03. The standard InChI is InChI=1S/C29H30F3N4O3S3/c1-5-33-20-14-13-19(42(38,39)29(30,31)32)17-22(20)34(6-2)25(33)18-27-36(8-4)28(37)24(41-27)15-16-26-35(7-3)21-11-9-10-12-23(21)40-26/h9-18H,5-8H2,1-4H3/q+1/b24-15-,26-16+. The van der Waals surface area contributed by atoms with E-state index in [2.05, 4.69) is 24.0 Å². The van der Waals surface area contributed by atoms with E-state index in [0.29, 0.717) is 45.7 Å². The molecule has 2 aromatic carbocycles. The van der Waals surface area contributed by atoms with Crippen molar-refractivity contribution < 1.29 is 26.2 Å². The molecule has 0 bridgehead atoms. The largest absolute Gasteiger partial charge is 0.501 e. The van der Waals surface area contributed by atoms with Crippen LogP contribution in [-0.2, 0) is 29.5 Å². The third-order valence-corrected chi connectivity index (χ3v) is 10.9. The van der Waals surface area contributed by atoms with Gasteiger partial charge in [-0.25, -0.2) is 17.6 Å². The van der Waals surface area contributed by atoms with Gasteiger partial charge in [0.1, 0.15) is 4.66 Å². The van der Waals surface area contributed by atoms with Gasteiger partial charge in [0.25, 0.3) is 21.2 Å². The van der Waals surface area contributed by atoms with Crippen LogP contribution in [0.25, 0.3) is 23.2 Å². The molecule has 42 heavy (non-hydrogen) atoms. The van der Waals surface area contributed by atoms with Crippen molar-refractivity contribution in [3.63, 3.8) is 0 Å². The lowest BCUT2D eigenvalue weighted by atomic mass is 10.3. The molecular weight excluding hydrogens is 606 g/mol. The zero-order chi connectivity index (χ0) is 30.4. The Kier molecular flexibility index (Phi) is 8.20.